The molecule has 7 heteroatoms. The third-order valence-corrected chi connectivity index (χ3v) is 6.27. The maximum absolute atomic E-state index is 12.4. The second kappa shape index (κ2) is 11.3. The van der Waals surface area contributed by atoms with Crippen LogP contribution in [0.1, 0.15) is 58.4 Å². The molecule has 7 nitrogen and oxygen atoms in total. The fourth-order valence-electron chi connectivity index (χ4n) is 4.32. The van der Waals surface area contributed by atoms with Crippen LogP contribution in [-0.4, -0.2) is 54.0 Å². The van der Waals surface area contributed by atoms with Crippen LogP contribution in [-0.2, 0) is 19.8 Å². The van der Waals surface area contributed by atoms with Gasteiger partial charge in [-0.15, -0.1) is 0 Å². The topological polar surface area (TPSA) is 95.9 Å². The monoisotopic (exact) mass is 444 g/mol. The minimum Gasteiger partial charge on any atom is -0.480 e. The van der Waals surface area contributed by atoms with E-state index in [9.17, 15) is 19.5 Å². The van der Waals surface area contributed by atoms with Gasteiger partial charge >= 0.3 is 11.9 Å². The molecule has 1 saturated heterocycles. The summed E-state index contributed by atoms with van der Waals surface area (Å²) < 4.78 is 5.50. The van der Waals surface area contributed by atoms with Gasteiger partial charge in [0, 0.05) is 17.5 Å². The van der Waals surface area contributed by atoms with Crippen molar-refractivity contribution in [3.63, 3.8) is 0 Å². The molecule has 1 aromatic rings. The van der Waals surface area contributed by atoms with Gasteiger partial charge in [-0.2, -0.15) is 0 Å². The Hall–Kier alpha value is -2.67. The Morgan fingerprint density at radius 3 is 2.62 bits per heavy atom. The molecule has 1 fully saturated rings. The van der Waals surface area contributed by atoms with Crippen molar-refractivity contribution in [1.82, 2.24) is 10.2 Å². The molecule has 1 heterocycles. The molecule has 2 N–H and O–H groups in total. The number of carboxylic acids is 1. The third kappa shape index (κ3) is 6.66. The van der Waals surface area contributed by atoms with Gasteiger partial charge in [-0.05, 0) is 56.5 Å². The summed E-state index contributed by atoms with van der Waals surface area (Å²) in [6.45, 7) is 11.3. The Bertz CT molecular complexity index is 850. The molecule has 1 amide bonds. The third-order valence-electron chi connectivity index (χ3n) is 6.27. The zero-order valence-corrected chi connectivity index (χ0v) is 19.6. The highest BCUT2D eigenvalue weighted by molar-refractivity contribution is 5.99. The van der Waals surface area contributed by atoms with Gasteiger partial charge in [-0.25, -0.2) is 4.79 Å². The minimum atomic E-state index is -1.13. The number of likely N-dealkylation sites (N-methyl/N-ethyl adjacent to an activating group) is 1. The molecular weight excluding hydrogens is 408 g/mol. The number of ether oxygens (including phenoxy) is 1. The molecule has 1 aliphatic heterocycles. The van der Waals surface area contributed by atoms with E-state index in [0.717, 1.165) is 37.9 Å². The number of carboxylic acid groups (broad SMARTS) is 1. The van der Waals surface area contributed by atoms with Crippen LogP contribution in [0.3, 0.4) is 0 Å². The first-order valence-corrected chi connectivity index (χ1v) is 11.3. The SMILES string of the molecule is C=C(CC(=O)Oc1cccc(C2(CC)CCCCN(C)C2)c1)C(=O)N[C@H](C(=O)O)C(C)C. The fourth-order valence-corrected chi connectivity index (χ4v) is 4.32. The Labute approximate surface area is 190 Å². The number of likely N-dealkylation sites (tertiary alicyclic amines) is 1. The molecule has 0 spiro atoms. The van der Waals surface area contributed by atoms with Gasteiger partial charge in [-0.1, -0.05) is 45.9 Å². The first kappa shape index (κ1) is 25.6. The lowest BCUT2D eigenvalue weighted by Crippen LogP contribution is -2.45. The van der Waals surface area contributed by atoms with Crippen molar-refractivity contribution in [2.75, 3.05) is 20.1 Å². The van der Waals surface area contributed by atoms with Crippen LogP contribution in [0, 0.1) is 5.92 Å². The quantitative estimate of drug-likeness (QED) is 0.344. The van der Waals surface area contributed by atoms with E-state index in [1.165, 1.54) is 6.42 Å². The van der Waals surface area contributed by atoms with Crippen molar-refractivity contribution in [1.29, 1.82) is 0 Å². The Kier molecular flexibility index (Phi) is 9.01. The summed E-state index contributed by atoms with van der Waals surface area (Å²) >= 11 is 0. The van der Waals surface area contributed by atoms with Gasteiger partial charge in [0.2, 0.25) is 5.91 Å². The molecule has 176 valence electrons. The Morgan fingerprint density at radius 1 is 1.28 bits per heavy atom. The van der Waals surface area contributed by atoms with Gasteiger partial charge in [0.05, 0.1) is 6.42 Å². The Morgan fingerprint density at radius 2 is 2.00 bits per heavy atom. The molecule has 2 atom stereocenters. The van der Waals surface area contributed by atoms with Gasteiger partial charge in [-0.3, -0.25) is 9.59 Å². The first-order chi connectivity index (χ1) is 15.1. The maximum Gasteiger partial charge on any atom is 0.326 e. The highest BCUT2D eigenvalue weighted by Gasteiger charge is 2.33. The predicted octanol–water partition coefficient (Wildman–Crippen LogP) is 3.53. The predicted molar refractivity (Wildman–Crippen MR) is 124 cm³/mol. The number of hydrogen-bond donors (Lipinski definition) is 2. The number of hydrogen-bond acceptors (Lipinski definition) is 5. The number of benzene rings is 1. The van der Waals surface area contributed by atoms with Crippen molar-refractivity contribution in [2.45, 2.75) is 64.3 Å². The van der Waals surface area contributed by atoms with E-state index < -0.39 is 23.9 Å². The minimum absolute atomic E-state index is 0.0137. The highest BCUT2D eigenvalue weighted by atomic mass is 16.5. The lowest BCUT2D eigenvalue weighted by molar-refractivity contribution is -0.142. The number of rotatable bonds is 9. The maximum atomic E-state index is 12.4. The molecule has 1 aromatic carbocycles. The molecule has 0 bridgehead atoms. The van der Waals surface area contributed by atoms with Crippen molar-refractivity contribution in [2.24, 2.45) is 5.92 Å². The first-order valence-electron chi connectivity index (χ1n) is 11.3. The van der Waals surface area contributed by atoms with Crippen LogP contribution in [0.15, 0.2) is 36.4 Å². The second-order valence-electron chi connectivity index (χ2n) is 9.14. The summed E-state index contributed by atoms with van der Waals surface area (Å²) in [5.41, 5.74) is 1.13. The standard InChI is InChI=1S/C25H36N2O5/c1-6-25(12-7-8-13-27(5)16-25)19-10-9-11-20(15-19)32-21(28)14-18(4)23(29)26-22(17(2)3)24(30)31/h9-11,15,17,22H,4,6-8,12-14,16H2,1-3,5H3,(H,26,29)(H,30,31)/t22-,25?/m0/s1. The van der Waals surface area contributed by atoms with E-state index in [1.54, 1.807) is 19.9 Å². The number of carbonyl (C=O) groups is 3. The number of nitrogens with zero attached hydrogens (tertiary/aromatic N) is 1. The van der Waals surface area contributed by atoms with Crippen molar-refractivity contribution in [3.05, 3.63) is 42.0 Å². The molecule has 1 aliphatic rings. The molecule has 0 aliphatic carbocycles. The van der Waals surface area contributed by atoms with E-state index in [1.807, 2.05) is 12.1 Å². The van der Waals surface area contributed by atoms with Crippen molar-refractivity contribution >= 4 is 17.8 Å². The number of carbonyl (C=O) groups excluding carboxylic acids is 2. The van der Waals surface area contributed by atoms with Crippen LogP contribution in [0.2, 0.25) is 0 Å². The second-order valence-corrected chi connectivity index (χ2v) is 9.14. The summed E-state index contributed by atoms with van der Waals surface area (Å²) in [7, 11) is 2.14. The van der Waals surface area contributed by atoms with Crippen LogP contribution in [0.4, 0.5) is 0 Å². The summed E-state index contributed by atoms with van der Waals surface area (Å²) in [5, 5.41) is 11.6. The largest absolute Gasteiger partial charge is 0.480 e. The Balaban J connectivity index is 2.05. The summed E-state index contributed by atoms with van der Waals surface area (Å²) in [6, 6.07) is 6.58. The smallest absolute Gasteiger partial charge is 0.326 e. The molecule has 32 heavy (non-hydrogen) atoms. The van der Waals surface area contributed by atoms with Gasteiger partial charge in [0.15, 0.2) is 0 Å². The number of amides is 1. The highest BCUT2D eigenvalue weighted by Crippen LogP contribution is 2.37. The average Bonchev–Trinajstić information content (AvgIpc) is 2.93. The van der Waals surface area contributed by atoms with E-state index in [4.69, 9.17) is 4.74 Å². The number of esters is 1. The van der Waals surface area contributed by atoms with Crippen LogP contribution >= 0.6 is 0 Å². The molecule has 0 saturated carbocycles. The number of nitrogens with one attached hydrogen (secondary N) is 1. The van der Waals surface area contributed by atoms with E-state index in [0.29, 0.717) is 5.75 Å². The van der Waals surface area contributed by atoms with Crippen LogP contribution in [0.25, 0.3) is 0 Å². The van der Waals surface area contributed by atoms with Gasteiger partial charge in [0.1, 0.15) is 11.8 Å². The molecule has 1 unspecified atom stereocenters. The molecular formula is C25H36N2O5. The molecule has 0 aromatic heterocycles. The normalized spacial score (nSPS) is 20.3. The van der Waals surface area contributed by atoms with Crippen molar-refractivity contribution < 1.29 is 24.2 Å². The van der Waals surface area contributed by atoms with Crippen LogP contribution < -0.4 is 10.1 Å². The lowest BCUT2D eigenvalue weighted by atomic mass is 9.74. The summed E-state index contributed by atoms with van der Waals surface area (Å²) in [4.78, 5) is 38.3. The zero-order chi connectivity index (χ0) is 23.9. The average molecular weight is 445 g/mol. The van der Waals surface area contributed by atoms with Gasteiger partial charge < -0.3 is 20.1 Å². The van der Waals surface area contributed by atoms with Crippen LogP contribution in [0.5, 0.6) is 5.75 Å². The number of aliphatic carboxylic acids is 1. The van der Waals surface area contributed by atoms with E-state index in [2.05, 4.69) is 36.8 Å². The zero-order valence-electron chi connectivity index (χ0n) is 19.6. The summed E-state index contributed by atoms with van der Waals surface area (Å²) in [6.07, 6.45) is 4.10. The van der Waals surface area contributed by atoms with Crippen molar-refractivity contribution in [3.8, 4) is 5.75 Å². The van der Waals surface area contributed by atoms with E-state index in [-0.39, 0.29) is 23.3 Å². The van der Waals surface area contributed by atoms with E-state index >= 15 is 0 Å². The lowest BCUT2D eigenvalue weighted by Gasteiger charge is -2.35. The molecule has 0 radical (unpaired) electrons. The summed E-state index contributed by atoms with van der Waals surface area (Å²) in [5.74, 6) is -2.26. The van der Waals surface area contributed by atoms with Gasteiger partial charge in [0.25, 0.3) is 0 Å². The fraction of sp³-hybridized carbons (Fsp3) is 0.560. The molecule has 2 rings (SSSR count).